The molecule has 0 radical (unpaired) electrons. The highest BCUT2D eigenvalue weighted by Gasteiger charge is 2.16. The normalized spacial score (nSPS) is 14.5. The molecule has 5 heteroatoms. The number of hydrogen-bond acceptors (Lipinski definition) is 4. The highest BCUT2D eigenvalue weighted by molar-refractivity contribution is 6.05. The molecule has 0 aliphatic carbocycles. The number of anilines is 2. The minimum atomic E-state index is -0.234. The van der Waals surface area contributed by atoms with Gasteiger partial charge < -0.3 is 10.2 Å². The lowest BCUT2D eigenvalue weighted by Gasteiger charge is -2.30. The average molecular weight is 332 g/mol. The van der Waals surface area contributed by atoms with E-state index in [9.17, 15) is 4.79 Å². The van der Waals surface area contributed by atoms with Gasteiger partial charge in [-0.25, -0.2) is 4.98 Å². The molecule has 1 fully saturated rings. The second kappa shape index (κ2) is 6.89. The molecule has 25 heavy (non-hydrogen) atoms. The van der Waals surface area contributed by atoms with Crippen LogP contribution in [0, 0.1) is 0 Å². The Morgan fingerprint density at radius 2 is 1.64 bits per heavy atom. The van der Waals surface area contributed by atoms with Crippen molar-refractivity contribution in [1.82, 2.24) is 9.97 Å². The standard InChI is InChI=1S/C20H20N4O/c25-20(18-14-21-15-8-2-3-9-16(15)22-18)23-17-10-4-5-11-19(17)24-12-6-1-7-13-24/h2-5,8-11,14H,1,6-7,12-13H2,(H,23,25). The first-order valence-electron chi connectivity index (χ1n) is 8.68. The Balaban J connectivity index is 1.59. The molecule has 4 rings (SSSR count). The lowest BCUT2D eigenvalue weighted by Crippen LogP contribution is -2.30. The Morgan fingerprint density at radius 3 is 2.48 bits per heavy atom. The summed E-state index contributed by atoms with van der Waals surface area (Å²) in [4.78, 5) is 23.7. The third-order valence-electron chi connectivity index (χ3n) is 4.53. The van der Waals surface area contributed by atoms with Gasteiger partial charge in [0.25, 0.3) is 5.91 Å². The number of aromatic nitrogens is 2. The van der Waals surface area contributed by atoms with Gasteiger partial charge in [0.1, 0.15) is 5.69 Å². The van der Waals surface area contributed by atoms with Crippen molar-refractivity contribution in [2.75, 3.05) is 23.3 Å². The van der Waals surface area contributed by atoms with Crippen molar-refractivity contribution < 1.29 is 4.79 Å². The predicted molar refractivity (Wildman–Crippen MR) is 100.0 cm³/mol. The molecule has 126 valence electrons. The first-order valence-corrected chi connectivity index (χ1v) is 8.68. The van der Waals surface area contributed by atoms with Crippen LogP contribution >= 0.6 is 0 Å². The van der Waals surface area contributed by atoms with E-state index in [0.29, 0.717) is 5.69 Å². The Hall–Kier alpha value is -2.95. The van der Waals surface area contributed by atoms with E-state index in [1.807, 2.05) is 42.5 Å². The Labute approximate surface area is 146 Å². The number of amides is 1. The van der Waals surface area contributed by atoms with E-state index in [1.54, 1.807) is 0 Å². The second-order valence-corrected chi connectivity index (χ2v) is 6.26. The zero-order valence-electron chi connectivity index (χ0n) is 14.0. The summed E-state index contributed by atoms with van der Waals surface area (Å²) in [6, 6.07) is 15.5. The third-order valence-corrected chi connectivity index (χ3v) is 4.53. The van der Waals surface area contributed by atoms with Gasteiger partial charge in [-0.05, 0) is 43.5 Å². The number of piperidine rings is 1. The van der Waals surface area contributed by atoms with Crippen LogP contribution in [0.1, 0.15) is 29.8 Å². The molecule has 0 spiro atoms. The number of hydrogen-bond donors (Lipinski definition) is 1. The maximum atomic E-state index is 12.7. The largest absolute Gasteiger partial charge is 0.370 e. The SMILES string of the molecule is O=C(Nc1ccccc1N1CCCCC1)c1cnc2ccccc2n1. The number of nitrogens with one attached hydrogen (secondary N) is 1. The Morgan fingerprint density at radius 1 is 0.920 bits per heavy atom. The lowest BCUT2D eigenvalue weighted by atomic mass is 10.1. The number of para-hydroxylation sites is 4. The fraction of sp³-hybridized carbons (Fsp3) is 0.250. The van der Waals surface area contributed by atoms with Gasteiger partial charge in [0.05, 0.1) is 28.6 Å². The molecule has 5 nitrogen and oxygen atoms in total. The first kappa shape index (κ1) is 15.6. The van der Waals surface area contributed by atoms with Gasteiger partial charge in [0.15, 0.2) is 0 Å². The summed E-state index contributed by atoms with van der Waals surface area (Å²) in [5.41, 5.74) is 3.73. The topological polar surface area (TPSA) is 58.1 Å². The van der Waals surface area contributed by atoms with Crippen LogP contribution in [0.25, 0.3) is 11.0 Å². The number of nitrogens with zero attached hydrogens (tertiary/aromatic N) is 3. The number of fused-ring (bicyclic) bond motifs is 1. The van der Waals surface area contributed by atoms with Gasteiger partial charge in [-0.1, -0.05) is 24.3 Å². The van der Waals surface area contributed by atoms with Crippen LogP contribution in [0.15, 0.2) is 54.7 Å². The Kier molecular flexibility index (Phi) is 4.29. The monoisotopic (exact) mass is 332 g/mol. The maximum Gasteiger partial charge on any atom is 0.275 e. The van der Waals surface area contributed by atoms with Crippen LogP contribution in [-0.2, 0) is 0 Å². The molecule has 1 saturated heterocycles. The van der Waals surface area contributed by atoms with Crippen LogP contribution in [0.5, 0.6) is 0 Å². The molecule has 3 aromatic rings. The number of carbonyl (C=O) groups is 1. The van der Waals surface area contributed by atoms with Crippen LogP contribution in [0.2, 0.25) is 0 Å². The van der Waals surface area contributed by atoms with E-state index in [1.165, 1.54) is 25.5 Å². The fourth-order valence-electron chi connectivity index (χ4n) is 3.24. The van der Waals surface area contributed by atoms with Crippen molar-refractivity contribution in [3.05, 3.63) is 60.4 Å². The summed E-state index contributed by atoms with van der Waals surface area (Å²) in [5.74, 6) is -0.234. The van der Waals surface area contributed by atoms with E-state index in [4.69, 9.17) is 0 Å². The molecular formula is C20H20N4O. The highest BCUT2D eigenvalue weighted by atomic mass is 16.1. The highest BCUT2D eigenvalue weighted by Crippen LogP contribution is 2.28. The van der Waals surface area contributed by atoms with Crippen molar-refractivity contribution >= 4 is 28.3 Å². The quantitative estimate of drug-likeness (QED) is 0.791. The average Bonchev–Trinajstić information content (AvgIpc) is 2.68. The number of carbonyl (C=O) groups excluding carboxylic acids is 1. The first-order chi connectivity index (χ1) is 12.3. The minimum absolute atomic E-state index is 0.234. The van der Waals surface area contributed by atoms with Crippen molar-refractivity contribution in [1.29, 1.82) is 0 Å². The molecule has 0 bridgehead atoms. The predicted octanol–water partition coefficient (Wildman–Crippen LogP) is 3.87. The molecule has 0 atom stereocenters. The number of benzene rings is 2. The summed E-state index contributed by atoms with van der Waals surface area (Å²) < 4.78 is 0. The van der Waals surface area contributed by atoms with Crippen LogP contribution in [0.3, 0.4) is 0 Å². The molecule has 1 aromatic heterocycles. The van der Waals surface area contributed by atoms with Crippen LogP contribution < -0.4 is 10.2 Å². The molecule has 1 N–H and O–H groups in total. The summed E-state index contributed by atoms with van der Waals surface area (Å²) in [6.07, 6.45) is 5.19. The molecule has 2 aromatic carbocycles. The molecule has 1 aliphatic heterocycles. The summed E-state index contributed by atoms with van der Waals surface area (Å²) in [7, 11) is 0. The van der Waals surface area contributed by atoms with Crippen molar-refractivity contribution in [2.45, 2.75) is 19.3 Å². The van der Waals surface area contributed by atoms with Gasteiger partial charge in [0.2, 0.25) is 0 Å². The van der Waals surface area contributed by atoms with Gasteiger partial charge >= 0.3 is 0 Å². The van der Waals surface area contributed by atoms with E-state index < -0.39 is 0 Å². The molecule has 0 unspecified atom stereocenters. The van der Waals surface area contributed by atoms with Crippen LogP contribution in [-0.4, -0.2) is 29.0 Å². The fourth-order valence-corrected chi connectivity index (χ4v) is 3.24. The van der Waals surface area contributed by atoms with Gasteiger partial charge in [0, 0.05) is 13.1 Å². The second-order valence-electron chi connectivity index (χ2n) is 6.26. The minimum Gasteiger partial charge on any atom is -0.370 e. The molecule has 1 aliphatic rings. The molecule has 2 heterocycles. The van der Waals surface area contributed by atoms with Crippen LogP contribution in [0.4, 0.5) is 11.4 Å². The van der Waals surface area contributed by atoms with Gasteiger partial charge in [-0.3, -0.25) is 9.78 Å². The zero-order chi connectivity index (χ0) is 17.1. The van der Waals surface area contributed by atoms with E-state index in [-0.39, 0.29) is 5.91 Å². The smallest absolute Gasteiger partial charge is 0.275 e. The molecule has 0 saturated carbocycles. The van der Waals surface area contributed by atoms with E-state index in [0.717, 1.165) is 35.5 Å². The van der Waals surface area contributed by atoms with Crippen molar-refractivity contribution in [3.63, 3.8) is 0 Å². The lowest BCUT2D eigenvalue weighted by molar-refractivity contribution is 0.102. The molecular weight excluding hydrogens is 312 g/mol. The zero-order valence-corrected chi connectivity index (χ0v) is 14.0. The van der Waals surface area contributed by atoms with Gasteiger partial charge in [-0.2, -0.15) is 0 Å². The number of rotatable bonds is 3. The summed E-state index contributed by atoms with van der Waals surface area (Å²) in [5, 5.41) is 3.01. The Bertz CT molecular complexity index is 903. The van der Waals surface area contributed by atoms with E-state index >= 15 is 0 Å². The van der Waals surface area contributed by atoms with Crippen molar-refractivity contribution in [3.8, 4) is 0 Å². The third kappa shape index (κ3) is 3.31. The summed E-state index contributed by atoms with van der Waals surface area (Å²) >= 11 is 0. The molecule has 1 amide bonds. The van der Waals surface area contributed by atoms with Gasteiger partial charge in [-0.15, -0.1) is 0 Å². The maximum absolute atomic E-state index is 12.7. The van der Waals surface area contributed by atoms with Crippen molar-refractivity contribution in [2.24, 2.45) is 0 Å². The van der Waals surface area contributed by atoms with E-state index in [2.05, 4.69) is 26.3 Å². The summed E-state index contributed by atoms with van der Waals surface area (Å²) in [6.45, 7) is 2.06.